The van der Waals surface area contributed by atoms with Crippen molar-refractivity contribution in [1.29, 1.82) is 5.26 Å². The zero-order chi connectivity index (χ0) is 15.1. The van der Waals surface area contributed by atoms with Crippen LogP contribution in [-0.2, 0) is 0 Å². The monoisotopic (exact) mass is 299 g/mol. The van der Waals surface area contributed by atoms with E-state index in [2.05, 4.69) is 11.0 Å². The van der Waals surface area contributed by atoms with Crippen LogP contribution in [0, 0.1) is 11.3 Å². The zero-order valence-electron chi connectivity index (χ0n) is 11.7. The number of nitrogens with two attached hydrogens (primary N) is 1. The van der Waals surface area contributed by atoms with Gasteiger partial charge in [-0.25, -0.2) is 0 Å². The van der Waals surface area contributed by atoms with Crippen LogP contribution in [0.5, 0.6) is 0 Å². The number of benzene rings is 2. The number of anilines is 1. The van der Waals surface area contributed by atoms with Gasteiger partial charge in [0.25, 0.3) is 0 Å². The minimum atomic E-state index is -0.0468. The Balaban J connectivity index is 2.38. The molecule has 0 saturated heterocycles. The largest absolute Gasteiger partial charge is 0.362 e. The Morgan fingerprint density at radius 3 is 2.38 bits per heavy atom. The quantitative estimate of drug-likeness (QED) is 0.883. The summed E-state index contributed by atoms with van der Waals surface area (Å²) in [5.41, 5.74) is 8.03. The lowest BCUT2D eigenvalue weighted by Gasteiger charge is -2.33. The van der Waals surface area contributed by atoms with E-state index in [-0.39, 0.29) is 6.04 Å². The molecule has 0 fully saturated rings. The first kappa shape index (κ1) is 15.4. The third-order valence-corrected chi connectivity index (χ3v) is 3.76. The Bertz CT molecular complexity index is 607. The highest BCUT2D eigenvalue weighted by atomic mass is 35.5. The van der Waals surface area contributed by atoms with Crippen molar-refractivity contribution in [2.24, 2.45) is 5.73 Å². The summed E-state index contributed by atoms with van der Waals surface area (Å²) in [6.07, 6.45) is 0.440. The molecule has 1 atom stereocenters. The Labute approximate surface area is 130 Å². The summed E-state index contributed by atoms with van der Waals surface area (Å²) in [5, 5.41) is 9.61. The van der Waals surface area contributed by atoms with E-state index < -0.39 is 0 Å². The van der Waals surface area contributed by atoms with Crippen molar-refractivity contribution < 1.29 is 0 Å². The molecule has 0 aliphatic carbocycles. The highest BCUT2D eigenvalue weighted by molar-refractivity contribution is 6.31. The van der Waals surface area contributed by atoms with E-state index in [0.29, 0.717) is 24.5 Å². The molecule has 1 unspecified atom stereocenters. The van der Waals surface area contributed by atoms with E-state index in [9.17, 15) is 0 Å². The van der Waals surface area contributed by atoms with Gasteiger partial charge in [-0.05, 0) is 23.8 Å². The van der Waals surface area contributed by atoms with Crippen LogP contribution in [0.15, 0.2) is 54.6 Å². The number of nitriles is 1. The topological polar surface area (TPSA) is 53.0 Å². The summed E-state index contributed by atoms with van der Waals surface area (Å²) in [4.78, 5) is 2.14. The average Bonchev–Trinajstić information content (AvgIpc) is 2.53. The number of hydrogen-bond acceptors (Lipinski definition) is 3. The molecule has 0 radical (unpaired) electrons. The molecule has 21 heavy (non-hydrogen) atoms. The van der Waals surface area contributed by atoms with Crippen molar-refractivity contribution in [3.8, 4) is 6.07 Å². The highest BCUT2D eigenvalue weighted by Gasteiger charge is 2.21. The predicted octanol–water partition coefficient (Wildman–Crippen LogP) is 3.76. The molecule has 108 valence electrons. The average molecular weight is 300 g/mol. The van der Waals surface area contributed by atoms with E-state index >= 15 is 0 Å². The maximum absolute atomic E-state index is 8.91. The number of halogens is 1. The van der Waals surface area contributed by atoms with Gasteiger partial charge in [0.2, 0.25) is 0 Å². The van der Waals surface area contributed by atoms with Crippen LogP contribution < -0.4 is 10.6 Å². The molecule has 4 heteroatoms. The van der Waals surface area contributed by atoms with Gasteiger partial charge in [0.05, 0.1) is 18.5 Å². The summed E-state index contributed by atoms with van der Waals surface area (Å²) >= 11 is 6.32. The summed E-state index contributed by atoms with van der Waals surface area (Å²) in [5.74, 6) is 0. The maximum atomic E-state index is 8.91. The third-order valence-electron chi connectivity index (χ3n) is 3.42. The molecule has 2 N–H and O–H groups in total. The lowest BCUT2D eigenvalue weighted by molar-refractivity contribution is 0.631. The fourth-order valence-corrected chi connectivity index (χ4v) is 2.68. The van der Waals surface area contributed by atoms with Crippen LogP contribution in [0.3, 0.4) is 0 Å². The van der Waals surface area contributed by atoms with Gasteiger partial charge in [0.15, 0.2) is 0 Å². The van der Waals surface area contributed by atoms with E-state index in [1.165, 1.54) is 0 Å². The molecule has 0 amide bonds. The van der Waals surface area contributed by atoms with Gasteiger partial charge >= 0.3 is 0 Å². The van der Waals surface area contributed by atoms with Crippen molar-refractivity contribution in [3.63, 3.8) is 0 Å². The zero-order valence-corrected chi connectivity index (χ0v) is 12.5. The second kappa shape index (κ2) is 7.68. The second-order valence-corrected chi connectivity index (χ2v) is 5.12. The fourth-order valence-electron chi connectivity index (χ4n) is 2.42. The van der Waals surface area contributed by atoms with E-state index in [4.69, 9.17) is 22.6 Å². The van der Waals surface area contributed by atoms with Crippen LogP contribution in [0.1, 0.15) is 18.0 Å². The normalized spacial score (nSPS) is 11.7. The second-order valence-electron chi connectivity index (χ2n) is 4.71. The fraction of sp³-hybridized carbons (Fsp3) is 0.235. The molecule has 2 aromatic carbocycles. The van der Waals surface area contributed by atoms with Gasteiger partial charge in [0.1, 0.15) is 0 Å². The molecule has 0 aliphatic heterocycles. The Hall–Kier alpha value is -2.02. The van der Waals surface area contributed by atoms with E-state index in [1.807, 2.05) is 54.6 Å². The predicted molar refractivity (Wildman–Crippen MR) is 87.3 cm³/mol. The number of nitrogens with zero attached hydrogens (tertiary/aromatic N) is 2. The molecular formula is C17H18ClN3. The molecule has 3 nitrogen and oxygen atoms in total. The first-order chi connectivity index (χ1) is 10.3. The molecule has 2 rings (SSSR count). The van der Waals surface area contributed by atoms with Crippen molar-refractivity contribution in [3.05, 3.63) is 65.2 Å². The first-order valence-corrected chi connectivity index (χ1v) is 7.29. The van der Waals surface area contributed by atoms with Crippen molar-refractivity contribution in [2.75, 3.05) is 18.0 Å². The lowest BCUT2D eigenvalue weighted by Crippen LogP contribution is -2.34. The van der Waals surface area contributed by atoms with Crippen molar-refractivity contribution >= 4 is 17.3 Å². The van der Waals surface area contributed by atoms with Crippen LogP contribution in [-0.4, -0.2) is 13.1 Å². The molecule has 0 bridgehead atoms. The Morgan fingerprint density at radius 2 is 1.76 bits per heavy atom. The molecule has 0 heterocycles. The third kappa shape index (κ3) is 3.75. The van der Waals surface area contributed by atoms with Crippen LogP contribution in [0.25, 0.3) is 0 Å². The molecule has 0 aliphatic rings. The first-order valence-electron chi connectivity index (χ1n) is 6.91. The lowest BCUT2D eigenvalue weighted by atomic mass is 10.0. The summed E-state index contributed by atoms with van der Waals surface area (Å²) in [7, 11) is 0. The van der Waals surface area contributed by atoms with Crippen LogP contribution in [0.2, 0.25) is 5.02 Å². The molecular weight excluding hydrogens is 282 g/mol. The summed E-state index contributed by atoms with van der Waals surface area (Å²) < 4.78 is 0. The van der Waals surface area contributed by atoms with Gasteiger partial charge in [-0.2, -0.15) is 5.26 Å². The maximum Gasteiger partial charge on any atom is 0.0679 e. The number of rotatable bonds is 6. The minimum Gasteiger partial charge on any atom is -0.362 e. The van der Waals surface area contributed by atoms with Gasteiger partial charge in [-0.15, -0.1) is 0 Å². The minimum absolute atomic E-state index is 0.0468. The standard InChI is InChI=1S/C17H18ClN3/c18-16-10-5-4-9-15(16)17(13-20)21(12-6-11-19)14-7-2-1-3-8-14/h1-5,7-10,17H,6,12-13,20H2. The smallest absolute Gasteiger partial charge is 0.0679 e. The highest BCUT2D eigenvalue weighted by Crippen LogP contribution is 2.30. The SMILES string of the molecule is N#CCCN(c1ccccc1)C(CN)c1ccccc1Cl. The van der Waals surface area contributed by atoms with Gasteiger partial charge in [0, 0.05) is 23.8 Å². The van der Waals surface area contributed by atoms with Gasteiger partial charge in [-0.3, -0.25) is 0 Å². The summed E-state index contributed by atoms with van der Waals surface area (Å²) in [6, 6.07) is 19.8. The molecule has 0 spiro atoms. The van der Waals surface area contributed by atoms with Crippen LogP contribution >= 0.6 is 11.6 Å². The van der Waals surface area contributed by atoms with Crippen molar-refractivity contribution in [1.82, 2.24) is 0 Å². The van der Waals surface area contributed by atoms with Crippen molar-refractivity contribution in [2.45, 2.75) is 12.5 Å². The molecule has 0 saturated carbocycles. The van der Waals surface area contributed by atoms with E-state index in [1.54, 1.807) is 0 Å². The summed E-state index contributed by atoms with van der Waals surface area (Å²) in [6.45, 7) is 1.05. The van der Waals surface area contributed by atoms with E-state index in [0.717, 1.165) is 11.3 Å². The molecule has 2 aromatic rings. The van der Waals surface area contributed by atoms with Gasteiger partial charge < -0.3 is 10.6 Å². The number of para-hydroxylation sites is 1. The van der Waals surface area contributed by atoms with Crippen LogP contribution in [0.4, 0.5) is 5.69 Å². The van der Waals surface area contributed by atoms with Gasteiger partial charge in [-0.1, -0.05) is 48.0 Å². The number of hydrogen-bond donors (Lipinski definition) is 1. The Morgan fingerprint density at radius 1 is 1.10 bits per heavy atom. The Kier molecular flexibility index (Phi) is 5.62. The molecule has 0 aromatic heterocycles.